The molecule has 0 aliphatic carbocycles. The number of carbonyl (C=O) groups excluding carboxylic acids is 2. The second-order valence-corrected chi connectivity index (χ2v) is 8.70. The smallest absolute Gasteiger partial charge is 0.273 e. The first-order valence-corrected chi connectivity index (χ1v) is 11.9. The Labute approximate surface area is 210 Å². The van der Waals surface area contributed by atoms with Crippen molar-refractivity contribution in [3.05, 3.63) is 111 Å². The highest BCUT2D eigenvalue weighted by Crippen LogP contribution is 2.22. The third-order valence-corrected chi connectivity index (χ3v) is 6.10. The highest BCUT2D eigenvalue weighted by molar-refractivity contribution is 5.89. The summed E-state index contributed by atoms with van der Waals surface area (Å²) >= 11 is 0. The number of hydrogen-bond acceptors (Lipinski definition) is 4. The molecule has 2 amide bonds. The van der Waals surface area contributed by atoms with Gasteiger partial charge in [0, 0.05) is 36.2 Å². The van der Waals surface area contributed by atoms with Gasteiger partial charge in [-0.25, -0.2) is 4.39 Å². The molecule has 0 radical (unpaired) electrons. The van der Waals surface area contributed by atoms with E-state index in [1.165, 1.54) is 29.2 Å². The van der Waals surface area contributed by atoms with E-state index in [9.17, 15) is 24.1 Å². The van der Waals surface area contributed by atoms with Crippen LogP contribution in [0.15, 0.2) is 78.9 Å². The molecule has 0 aliphatic rings. The Morgan fingerprint density at radius 2 is 1.58 bits per heavy atom. The summed E-state index contributed by atoms with van der Waals surface area (Å²) in [5.41, 5.74) is 1.13. The van der Waals surface area contributed by atoms with E-state index in [2.05, 4.69) is 5.32 Å². The minimum absolute atomic E-state index is 0.128. The lowest BCUT2D eigenvalue weighted by Crippen LogP contribution is -2.52. The third kappa shape index (κ3) is 6.97. The van der Waals surface area contributed by atoms with Crippen LogP contribution in [0.4, 0.5) is 10.1 Å². The van der Waals surface area contributed by atoms with Crippen molar-refractivity contribution in [1.82, 2.24) is 10.2 Å². The molecule has 0 unspecified atom stereocenters. The van der Waals surface area contributed by atoms with E-state index in [0.29, 0.717) is 6.42 Å². The monoisotopic (exact) mass is 491 g/mol. The largest absolute Gasteiger partial charge is 0.352 e. The van der Waals surface area contributed by atoms with Crippen LogP contribution in [0.25, 0.3) is 0 Å². The minimum atomic E-state index is -0.948. The molecule has 0 heterocycles. The van der Waals surface area contributed by atoms with Gasteiger partial charge in [0.15, 0.2) is 0 Å². The van der Waals surface area contributed by atoms with Gasteiger partial charge in [-0.2, -0.15) is 0 Å². The van der Waals surface area contributed by atoms with Crippen LogP contribution < -0.4 is 5.32 Å². The number of carbonyl (C=O) groups is 2. The standard InChI is InChI=1S/C28H30FN3O4/c1-3-20(2)30-28(34)26(17-21-11-5-4-6-12-21)31(19-23-14-7-9-15-24(23)29)27(33)18-22-13-8-10-16-25(22)32(35)36/h4-16,20,26H,3,17-19H2,1-2H3,(H,30,34)/t20-,26-/m1/s1. The van der Waals surface area contributed by atoms with E-state index >= 15 is 0 Å². The number of nitrogens with zero attached hydrogens (tertiary/aromatic N) is 2. The molecule has 3 aromatic rings. The van der Waals surface area contributed by atoms with E-state index in [0.717, 1.165) is 5.56 Å². The third-order valence-electron chi connectivity index (χ3n) is 6.10. The average Bonchev–Trinajstić information content (AvgIpc) is 2.87. The predicted octanol–water partition coefficient (Wildman–Crippen LogP) is 4.83. The molecule has 36 heavy (non-hydrogen) atoms. The van der Waals surface area contributed by atoms with Gasteiger partial charge in [0.1, 0.15) is 11.9 Å². The number of nitrogens with one attached hydrogen (secondary N) is 1. The summed E-state index contributed by atoms with van der Waals surface area (Å²) in [5, 5.41) is 14.5. The van der Waals surface area contributed by atoms with Gasteiger partial charge in [0.05, 0.1) is 11.3 Å². The van der Waals surface area contributed by atoms with Crippen molar-refractivity contribution in [3.8, 4) is 0 Å². The average molecular weight is 492 g/mol. The molecule has 0 saturated heterocycles. The molecule has 188 valence electrons. The van der Waals surface area contributed by atoms with Crippen molar-refractivity contribution in [3.63, 3.8) is 0 Å². The minimum Gasteiger partial charge on any atom is -0.352 e. The van der Waals surface area contributed by atoms with Crippen LogP contribution in [0.1, 0.15) is 37.0 Å². The van der Waals surface area contributed by atoms with Crippen molar-refractivity contribution in [2.45, 2.75) is 51.7 Å². The first-order valence-electron chi connectivity index (χ1n) is 11.9. The first-order chi connectivity index (χ1) is 17.3. The molecule has 0 aliphatic heterocycles. The van der Waals surface area contributed by atoms with Crippen LogP contribution in [0.2, 0.25) is 0 Å². The van der Waals surface area contributed by atoms with Gasteiger partial charge < -0.3 is 10.2 Å². The number of halogens is 1. The quantitative estimate of drug-likeness (QED) is 0.307. The molecule has 3 aromatic carbocycles. The van der Waals surface area contributed by atoms with Gasteiger partial charge in [-0.05, 0) is 25.0 Å². The number of nitro groups is 1. The molecule has 1 N–H and O–H groups in total. The van der Waals surface area contributed by atoms with E-state index in [1.54, 1.807) is 24.3 Å². The van der Waals surface area contributed by atoms with Crippen molar-refractivity contribution >= 4 is 17.5 Å². The van der Waals surface area contributed by atoms with E-state index in [1.807, 2.05) is 44.2 Å². The summed E-state index contributed by atoms with van der Waals surface area (Å²) in [7, 11) is 0. The Hall–Kier alpha value is -4.07. The highest BCUT2D eigenvalue weighted by Gasteiger charge is 2.32. The number of nitro benzene ring substituents is 1. The lowest BCUT2D eigenvalue weighted by molar-refractivity contribution is -0.385. The van der Waals surface area contributed by atoms with Crippen molar-refractivity contribution in [1.29, 1.82) is 0 Å². The maximum atomic E-state index is 14.6. The summed E-state index contributed by atoms with van der Waals surface area (Å²) in [6.07, 6.45) is 0.606. The van der Waals surface area contributed by atoms with Gasteiger partial charge >= 0.3 is 0 Å². The second-order valence-electron chi connectivity index (χ2n) is 8.70. The Bertz CT molecular complexity index is 1200. The summed E-state index contributed by atoms with van der Waals surface area (Å²) in [4.78, 5) is 39.5. The van der Waals surface area contributed by atoms with Crippen LogP contribution in [0.5, 0.6) is 0 Å². The van der Waals surface area contributed by atoms with E-state index in [4.69, 9.17) is 0 Å². The lowest BCUT2D eigenvalue weighted by atomic mass is 10.0. The topological polar surface area (TPSA) is 92.6 Å². The fraction of sp³-hybridized carbons (Fsp3) is 0.286. The summed E-state index contributed by atoms with van der Waals surface area (Å²) < 4.78 is 14.6. The molecular weight excluding hydrogens is 461 g/mol. The highest BCUT2D eigenvalue weighted by atomic mass is 19.1. The van der Waals surface area contributed by atoms with Gasteiger partial charge in [0.2, 0.25) is 11.8 Å². The number of amides is 2. The number of benzene rings is 3. The van der Waals surface area contributed by atoms with Crippen molar-refractivity contribution < 1.29 is 18.9 Å². The zero-order valence-corrected chi connectivity index (χ0v) is 20.4. The van der Waals surface area contributed by atoms with E-state index in [-0.39, 0.29) is 48.1 Å². The Morgan fingerprint density at radius 1 is 0.972 bits per heavy atom. The molecule has 7 nitrogen and oxygen atoms in total. The molecule has 2 atom stereocenters. The van der Waals surface area contributed by atoms with Gasteiger partial charge in [-0.15, -0.1) is 0 Å². The Balaban J connectivity index is 2.03. The van der Waals surface area contributed by atoms with Crippen LogP contribution in [-0.2, 0) is 29.0 Å². The molecule has 8 heteroatoms. The normalized spacial score (nSPS) is 12.4. The Kier molecular flexibility index (Phi) is 9.27. The van der Waals surface area contributed by atoms with Crippen LogP contribution in [0, 0.1) is 15.9 Å². The van der Waals surface area contributed by atoms with Gasteiger partial charge in [0.25, 0.3) is 5.69 Å². The lowest BCUT2D eigenvalue weighted by Gasteiger charge is -2.32. The molecule has 0 aromatic heterocycles. The fourth-order valence-corrected chi connectivity index (χ4v) is 3.91. The maximum Gasteiger partial charge on any atom is 0.273 e. The zero-order chi connectivity index (χ0) is 26.1. The number of para-hydroxylation sites is 1. The van der Waals surface area contributed by atoms with Crippen LogP contribution in [-0.4, -0.2) is 33.7 Å². The number of rotatable bonds is 11. The molecular formula is C28H30FN3O4. The molecule has 0 bridgehead atoms. The second kappa shape index (κ2) is 12.6. The van der Waals surface area contributed by atoms with Crippen LogP contribution >= 0.6 is 0 Å². The fourth-order valence-electron chi connectivity index (χ4n) is 3.91. The van der Waals surface area contributed by atoms with Crippen LogP contribution in [0.3, 0.4) is 0 Å². The van der Waals surface area contributed by atoms with Crippen molar-refractivity contribution in [2.24, 2.45) is 0 Å². The van der Waals surface area contributed by atoms with E-state index < -0.39 is 22.7 Å². The maximum absolute atomic E-state index is 14.6. The molecule has 0 saturated carbocycles. The SMILES string of the molecule is CC[C@@H](C)NC(=O)[C@@H](Cc1ccccc1)N(Cc1ccccc1F)C(=O)Cc1ccccc1[N+](=O)[O-]. The molecule has 0 spiro atoms. The summed E-state index contributed by atoms with van der Waals surface area (Å²) in [6, 6.07) is 20.3. The van der Waals surface area contributed by atoms with Gasteiger partial charge in [-0.1, -0.05) is 73.7 Å². The first kappa shape index (κ1) is 26.5. The molecule has 0 fully saturated rings. The zero-order valence-electron chi connectivity index (χ0n) is 20.4. The summed E-state index contributed by atoms with van der Waals surface area (Å²) in [6.45, 7) is 3.65. The van der Waals surface area contributed by atoms with Crippen molar-refractivity contribution in [2.75, 3.05) is 0 Å². The Morgan fingerprint density at radius 3 is 2.22 bits per heavy atom. The number of hydrogen-bond donors (Lipinski definition) is 1. The van der Waals surface area contributed by atoms with Gasteiger partial charge in [-0.3, -0.25) is 19.7 Å². The summed E-state index contributed by atoms with van der Waals surface area (Å²) in [5.74, 6) is -1.37. The molecule has 3 rings (SSSR count). The predicted molar refractivity (Wildman–Crippen MR) is 136 cm³/mol.